The van der Waals surface area contributed by atoms with Crippen molar-refractivity contribution in [2.45, 2.75) is 51.3 Å². The van der Waals surface area contributed by atoms with E-state index in [1.54, 1.807) is 6.20 Å². The molecule has 0 spiro atoms. The number of likely N-dealkylation sites (tertiary alicyclic amines) is 2. The zero-order valence-electron chi connectivity index (χ0n) is 24.6. The van der Waals surface area contributed by atoms with Gasteiger partial charge in [-0.25, -0.2) is 4.68 Å². The highest BCUT2D eigenvalue weighted by Gasteiger charge is 2.24. The van der Waals surface area contributed by atoms with E-state index in [1.165, 1.54) is 11.1 Å². The second kappa shape index (κ2) is 13.8. The lowest BCUT2D eigenvalue weighted by atomic mass is 9.89. The SMILES string of the molecule is N#Cc1ccc(CN2CCC(CC(=O)c3cccc(OC4CCN(Cc5ccc(-n6cccn6)cc5)CC4)c3)CC2)cc1. The van der Waals surface area contributed by atoms with E-state index in [1.807, 2.05) is 65.5 Å². The molecule has 2 aliphatic heterocycles. The molecule has 2 aliphatic rings. The summed E-state index contributed by atoms with van der Waals surface area (Å²) in [5.74, 6) is 1.43. The number of hydrogen-bond acceptors (Lipinski definition) is 6. The molecule has 6 rings (SSSR count). The van der Waals surface area contributed by atoms with E-state index in [9.17, 15) is 4.79 Å². The molecule has 2 saturated heterocycles. The van der Waals surface area contributed by atoms with Crippen LogP contribution in [0.5, 0.6) is 5.75 Å². The van der Waals surface area contributed by atoms with Crippen molar-refractivity contribution in [2.75, 3.05) is 26.2 Å². The van der Waals surface area contributed by atoms with Gasteiger partial charge in [0.2, 0.25) is 0 Å². The highest BCUT2D eigenvalue weighted by Crippen LogP contribution is 2.26. The van der Waals surface area contributed by atoms with Crippen LogP contribution in [-0.4, -0.2) is 57.6 Å². The monoisotopic (exact) mass is 573 g/mol. The van der Waals surface area contributed by atoms with Crippen LogP contribution in [0.3, 0.4) is 0 Å². The van der Waals surface area contributed by atoms with Gasteiger partial charge in [0.15, 0.2) is 5.78 Å². The highest BCUT2D eigenvalue weighted by atomic mass is 16.5. The Morgan fingerprint density at radius 2 is 1.49 bits per heavy atom. The summed E-state index contributed by atoms with van der Waals surface area (Å²) >= 11 is 0. The van der Waals surface area contributed by atoms with Crippen LogP contribution in [0.1, 0.15) is 59.2 Å². The number of carbonyl (C=O) groups is 1. The maximum atomic E-state index is 13.2. The van der Waals surface area contributed by atoms with Crippen LogP contribution in [0, 0.1) is 17.2 Å². The van der Waals surface area contributed by atoms with Crippen molar-refractivity contribution in [3.63, 3.8) is 0 Å². The highest BCUT2D eigenvalue weighted by molar-refractivity contribution is 5.96. The molecule has 7 heteroatoms. The van der Waals surface area contributed by atoms with Crippen molar-refractivity contribution < 1.29 is 9.53 Å². The van der Waals surface area contributed by atoms with Gasteiger partial charge in [-0.3, -0.25) is 14.6 Å². The van der Waals surface area contributed by atoms with Crippen LogP contribution in [-0.2, 0) is 13.1 Å². The van der Waals surface area contributed by atoms with E-state index in [4.69, 9.17) is 10.00 Å². The second-order valence-electron chi connectivity index (χ2n) is 11.9. The molecule has 1 aromatic heterocycles. The van der Waals surface area contributed by atoms with Crippen molar-refractivity contribution >= 4 is 5.78 Å². The summed E-state index contributed by atoms with van der Waals surface area (Å²) in [5.41, 5.74) is 5.06. The predicted molar refractivity (Wildman–Crippen MR) is 167 cm³/mol. The predicted octanol–water partition coefficient (Wildman–Crippen LogP) is 6.27. The quantitative estimate of drug-likeness (QED) is 0.208. The molecule has 0 unspecified atom stereocenters. The van der Waals surface area contributed by atoms with Gasteiger partial charge in [0.05, 0.1) is 17.3 Å². The van der Waals surface area contributed by atoms with E-state index < -0.39 is 0 Å². The van der Waals surface area contributed by atoms with E-state index in [0.717, 1.165) is 82.0 Å². The summed E-state index contributed by atoms with van der Waals surface area (Å²) in [5, 5.41) is 13.3. The molecule has 0 aliphatic carbocycles. The number of piperidine rings is 2. The number of carbonyl (C=O) groups excluding carboxylic acids is 1. The fourth-order valence-electron chi connectivity index (χ4n) is 6.23. The number of rotatable bonds is 10. The average Bonchev–Trinajstić information content (AvgIpc) is 3.59. The van der Waals surface area contributed by atoms with Gasteiger partial charge in [-0.15, -0.1) is 0 Å². The molecule has 4 aromatic rings. The number of benzene rings is 3. The average molecular weight is 574 g/mol. The molecule has 43 heavy (non-hydrogen) atoms. The van der Waals surface area contributed by atoms with Crippen LogP contribution in [0.4, 0.5) is 0 Å². The zero-order valence-corrected chi connectivity index (χ0v) is 24.6. The molecular formula is C36H39N5O2. The van der Waals surface area contributed by atoms with Gasteiger partial charge in [-0.2, -0.15) is 10.4 Å². The van der Waals surface area contributed by atoms with Crippen molar-refractivity contribution in [3.05, 3.63) is 114 Å². The fraction of sp³-hybridized carbons (Fsp3) is 0.361. The third kappa shape index (κ3) is 7.78. The summed E-state index contributed by atoms with van der Waals surface area (Å²) in [6.45, 7) is 5.81. The summed E-state index contributed by atoms with van der Waals surface area (Å²) in [6, 6.07) is 28.3. The second-order valence-corrected chi connectivity index (χ2v) is 11.9. The van der Waals surface area contributed by atoms with Gasteiger partial charge >= 0.3 is 0 Å². The first-order chi connectivity index (χ1) is 21.1. The molecule has 2 fully saturated rings. The van der Waals surface area contributed by atoms with Crippen LogP contribution in [0.15, 0.2) is 91.3 Å². The number of ether oxygens (including phenoxy) is 1. The Bertz CT molecular complexity index is 1510. The summed E-state index contributed by atoms with van der Waals surface area (Å²) in [6.07, 6.45) is 8.53. The zero-order chi connectivity index (χ0) is 29.4. The minimum Gasteiger partial charge on any atom is -0.490 e. The topological polar surface area (TPSA) is 74.4 Å². The van der Waals surface area contributed by atoms with Gasteiger partial charge < -0.3 is 4.74 Å². The lowest BCUT2D eigenvalue weighted by molar-refractivity contribution is 0.0915. The van der Waals surface area contributed by atoms with Crippen molar-refractivity contribution in [3.8, 4) is 17.5 Å². The number of Topliss-reactive ketones (excluding diaryl/α,β-unsaturated/α-hetero) is 1. The molecule has 0 atom stereocenters. The van der Waals surface area contributed by atoms with Crippen LogP contribution in [0.2, 0.25) is 0 Å². The third-order valence-electron chi connectivity index (χ3n) is 8.78. The molecular weight excluding hydrogens is 534 g/mol. The molecule has 220 valence electrons. The van der Waals surface area contributed by atoms with Gasteiger partial charge in [0, 0.05) is 50.6 Å². The number of nitrogens with zero attached hydrogens (tertiary/aromatic N) is 5. The molecule has 3 aromatic carbocycles. The first-order valence-electron chi connectivity index (χ1n) is 15.4. The van der Waals surface area contributed by atoms with Gasteiger partial charge in [0.25, 0.3) is 0 Å². The number of nitriles is 1. The number of aromatic nitrogens is 2. The van der Waals surface area contributed by atoms with Crippen LogP contribution < -0.4 is 4.74 Å². The lowest BCUT2D eigenvalue weighted by Crippen LogP contribution is -2.37. The van der Waals surface area contributed by atoms with Gasteiger partial charge in [-0.05, 0) is 98.3 Å². The summed E-state index contributed by atoms with van der Waals surface area (Å²) in [7, 11) is 0. The minimum absolute atomic E-state index is 0.171. The Morgan fingerprint density at radius 1 is 0.837 bits per heavy atom. The smallest absolute Gasteiger partial charge is 0.163 e. The van der Waals surface area contributed by atoms with Crippen LogP contribution in [0.25, 0.3) is 5.69 Å². The summed E-state index contributed by atoms with van der Waals surface area (Å²) < 4.78 is 8.24. The summed E-state index contributed by atoms with van der Waals surface area (Å²) in [4.78, 5) is 18.1. The van der Waals surface area contributed by atoms with Crippen molar-refractivity contribution in [1.29, 1.82) is 5.26 Å². The third-order valence-corrected chi connectivity index (χ3v) is 8.78. The first kappa shape index (κ1) is 28.9. The molecule has 7 nitrogen and oxygen atoms in total. The van der Waals surface area contributed by atoms with Gasteiger partial charge in [-0.1, -0.05) is 36.4 Å². The Morgan fingerprint density at radius 3 is 2.12 bits per heavy atom. The van der Waals surface area contributed by atoms with Crippen molar-refractivity contribution in [1.82, 2.24) is 19.6 Å². The largest absolute Gasteiger partial charge is 0.490 e. The fourth-order valence-corrected chi connectivity index (χ4v) is 6.23. The van der Waals surface area contributed by atoms with Crippen LogP contribution >= 0.6 is 0 Å². The number of ketones is 1. The molecule has 3 heterocycles. The lowest BCUT2D eigenvalue weighted by Gasteiger charge is -2.32. The molecule has 0 N–H and O–H groups in total. The minimum atomic E-state index is 0.171. The Hall–Kier alpha value is -4.25. The Balaban J connectivity index is 0.929. The van der Waals surface area contributed by atoms with Gasteiger partial charge in [0.1, 0.15) is 11.9 Å². The van der Waals surface area contributed by atoms with E-state index in [0.29, 0.717) is 17.9 Å². The molecule has 0 saturated carbocycles. The number of hydrogen-bond donors (Lipinski definition) is 0. The normalized spacial score (nSPS) is 17.0. The standard InChI is InChI=1S/C36H39N5O2/c37-25-29-5-7-30(8-6-29)26-39-19-13-28(14-20-39)23-36(42)32-3-1-4-35(24-32)43-34-15-21-40(22-16-34)27-31-9-11-33(12-10-31)41-18-2-17-38-41/h1-12,17-18,24,28,34H,13-16,19-23,26-27H2. The van der Waals surface area contributed by atoms with E-state index >= 15 is 0 Å². The Labute approximate surface area is 254 Å². The molecule has 0 bridgehead atoms. The molecule has 0 amide bonds. The van der Waals surface area contributed by atoms with E-state index in [-0.39, 0.29) is 11.9 Å². The maximum Gasteiger partial charge on any atom is 0.163 e. The molecule has 0 radical (unpaired) electrons. The maximum absolute atomic E-state index is 13.2. The van der Waals surface area contributed by atoms with E-state index in [2.05, 4.69) is 45.2 Å². The van der Waals surface area contributed by atoms with Crippen molar-refractivity contribution in [2.24, 2.45) is 5.92 Å². The Kier molecular flexibility index (Phi) is 9.27. The first-order valence-corrected chi connectivity index (χ1v) is 15.4.